The zero-order valence-corrected chi connectivity index (χ0v) is 13.8. The zero-order chi connectivity index (χ0) is 16.7. The molecule has 0 aliphatic rings. The Morgan fingerprint density at radius 1 is 1.04 bits per heavy atom. The third-order valence-corrected chi connectivity index (χ3v) is 4.42. The maximum atomic E-state index is 11.7. The minimum Gasteiger partial charge on any atom is -0.484 e. The summed E-state index contributed by atoms with van der Waals surface area (Å²) in [6.07, 6.45) is 0.583. The first-order valence-corrected chi connectivity index (χ1v) is 9.24. The van der Waals surface area contributed by atoms with Gasteiger partial charge in [-0.25, -0.2) is 8.42 Å². The predicted octanol–water partition coefficient (Wildman–Crippen LogP) is 2.35. The van der Waals surface area contributed by atoms with Crippen LogP contribution >= 0.6 is 10.7 Å². The Kier molecular flexibility index (Phi) is 6.01. The van der Waals surface area contributed by atoms with Crippen molar-refractivity contribution >= 4 is 25.6 Å². The van der Waals surface area contributed by atoms with Crippen LogP contribution in [-0.2, 0) is 20.3 Å². The standard InChI is InChI=1S/C16H16ClNO4S/c17-23(20,21)15-8-6-13(7-9-15)10-11-18-16(19)12-22-14-4-2-1-3-5-14/h1-9H,10-12H2,(H,18,19). The molecule has 0 aromatic heterocycles. The average molecular weight is 354 g/mol. The highest BCUT2D eigenvalue weighted by atomic mass is 35.7. The Balaban J connectivity index is 1.73. The van der Waals surface area contributed by atoms with Crippen molar-refractivity contribution in [2.24, 2.45) is 0 Å². The molecule has 122 valence electrons. The summed E-state index contributed by atoms with van der Waals surface area (Å²) in [7, 11) is 1.54. The van der Waals surface area contributed by atoms with Crippen LogP contribution in [0.15, 0.2) is 59.5 Å². The Bertz CT molecular complexity index is 745. The predicted molar refractivity (Wildman–Crippen MR) is 88.1 cm³/mol. The topological polar surface area (TPSA) is 72.5 Å². The smallest absolute Gasteiger partial charge is 0.261 e. The van der Waals surface area contributed by atoms with Gasteiger partial charge in [-0.15, -0.1) is 0 Å². The molecule has 2 aromatic carbocycles. The van der Waals surface area contributed by atoms with Crippen LogP contribution in [0.25, 0.3) is 0 Å². The third-order valence-electron chi connectivity index (χ3n) is 3.05. The van der Waals surface area contributed by atoms with Crippen molar-refractivity contribution in [2.75, 3.05) is 13.2 Å². The largest absolute Gasteiger partial charge is 0.484 e. The molecule has 2 rings (SSSR count). The number of carbonyl (C=O) groups excluding carboxylic acids is 1. The van der Waals surface area contributed by atoms with E-state index >= 15 is 0 Å². The first-order valence-electron chi connectivity index (χ1n) is 6.93. The Morgan fingerprint density at radius 3 is 2.30 bits per heavy atom. The summed E-state index contributed by atoms with van der Waals surface area (Å²) in [5.41, 5.74) is 0.901. The molecule has 5 nitrogen and oxygen atoms in total. The van der Waals surface area contributed by atoms with Crippen molar-refractivity contribution in [3.63, 3.8) is 0 Å². The van der Waals surface area contributed by atoms with Gasteiger partial charge in [-0.2, -0.15) is 0 Å². The molecule has 0 unspecified atom stereocenters. The van der Waals surface area contributed by atoms with E-state index in [9.17, 15) is 13.2 Å². The minimum atomic E-state index is -3.70. The summed E-state index contributed by atoms with van der Waals surface area (Å²) >= 11 is 0. The molecular weight excluding hydrogens is 338 g/mol. The van der Waals surface area contributed by atoms with Gasteiger partial charge in [0.05, 0.1) is 4.90 Å². The highest BCUT2D eigenvalue weighted by Crippen LogP contribution is 2.15. The Labute approximate surface area is 139 Å². The van der Waals surface area contributed by atoms with Crippen LogP contribution in [0.3, 0.4) is 0 Å². The van der Waals surface area contributed by atoms with Crippen LogP contribution in [-0.4, -0.2) is 27.5 Å². The van der Waals surface area contributed by atoms with E-state index in [1.165, 1.54) is 12.1 Å². The van der Waals surface area contributed by atoms with E-state index in [0.29, 0.717) is 18.7 Å². The molecule has 23 heavy (non-hydrogen) atoms. The van der Waals surface area contributed by atoms with Crippen molar-refractivity contribution in [1.29, 1.82) is 0 Å². The lowest BCUT2D eigenvalue weighted by Gasteiger charge is -2.07. The Morgan fingerprint density at radius 2 is 1.70 bits per heavy atom. The van der Waals surface area contributed by atoms with Gasteiger partial charge in [-0.05, 0) is 36.2 Å². The first kappa shape index (κ1) is 17.3. The molecule has 0 fully saturated rings. The number of halogens is 1. The molecule has 1 amide bonds. The second-order valence-corrected chi connectivity index (χ2v) is 7.35. The van der Waals surface area contributed by atoms with Gasteiger partial charge in [0, 0.05) is 17.2 Å². The van der Waals surface area contributed by atoms with Gasteiger partial charge in [0.25, 0.3) is 15.0 Å². The second kappa shape index (κ2) is 7.99. The highest BCUT2D eigenvalue weighted by molar-refractivity contribution is 8.13. The monoisotopic (exact) mass is 353 g/mol. The summed E-state index contributed by atoms with van der Waals surface area (Å²) in [6, 6.07) is 15.3. The van der Waals surface area contributed by atoms with Crippen molar-refractivity contribution in [3.05, 3.63) is 60.2 Å². The molecule has 0 aliphatic heterocycles. The fourth-order valence-electron chi connectivity index (χ4n) is 1.88. The van der Waals surface area contributed by atoms with Crippen molar-refractivity contribution in [1.82, 2.24) is 5.32 Å². The maximum absolute atomic E-state index is 11.7. The minimum absolute atomic E-state index is 0.0482. The number of hydrogen-bond acceptors (Lipinski definition) is 4. The number of ether oxygens (including phenoxy) is 1. The molecule has 0 radical (unpaired) electrons. The van der Waals surface area contributed by atoms with Crippen LogP contribution in [0, 0.1) is 0 Å². The third kappa shape index (κ3) is 5.92. The summed E-state index contributed by atoms with van der Waals surface area (Å²) in [6.45, 7) is 0.386. The maximum Gasteiger partial charge on any atom is 0.261 e. The van der Waals surface area contributed by atoms with Crippen LogP contribution < -0.4 is 10.1 Å². The molecule has 0 spiro atoms. The van der Waals surface area contributed by atoms with E-state index in [-0.39, 0.29) is 17.4 Å². The Hall–Kier alpha value is -2.05. The average Bonchev–Trinajstić information content (AvgIpc) is 2.53. The van der Waals surface area contributed by atoms with E-state index in [1.54, 1.807) is 24.3 Å². The van der Waals surface area contributed by atoms with Gasteiger partial charge in [-0.3, -0.25) is 4.79 Å². The van der Waals surface area contributed by atoms with Gasteiger partial charge in [-0.1, -0.05) is 30.3 Å². The number of benzene rings is 2. The molecule has 7 heteroatoms. The fourth-order valence-corrected chi connectivity index (χ4v) is 2.65. The quantitative estimate of drug-likeness (QED) is 0.775. The highest BCUT2D eigenvalue weighted by Gasteiger charge is 2.09. The molecule has 1 N–H and O–H groups in total. The van der Waals surface area contributed by atoms with Gasteiger partial charge < -0.3 is 10.1 Å². The van der Waals surface area contributed by atoms with E-state index in [4.69, 9.17) is 15.4 Å². The van der Waals surface area contributed by atoms with Crippen LogP contribution in [0.1, 0.15) is 5.56 Å². The summed E-state index contributed by atoms with van der Waals surface area (Å²) in [4.78, 5) is 11.7. The molecule has 0 aliphatic carbocycles. The normalized spacial score (nSPS) is 11.0. The molecule has 2 aromatic rings. The van der Waals surface area contributed by atoms with Gasteiger partial charge in [0.15, 0.2) is 6.61 Å². The number of carbonyl (C=O) groups is 1. The number of rotatable bonds is 7. The molecule has 0 heterocycles. The number of para-hydroxylation sites is 1. The molecule has 0 saturated heterocycles. The van der Waals surface area contributed by atoms with E-state index in [2.05, 4.69) is 5.32 Å². The van der Waals surface area contributed by atoms with Crippen molar-refractivity contribution in [2.45, 2.75) is 11.3 Å². The number of nitrogens with one attached hydrogen (secondary N) is 1. The van der Waals surface area contributed by atoms with Gasteiger partial charge >= 0.3 is 0 Å². The number of amides is 1. The van der Waals surface area contributed by atoms with Gasteiger partial charge in [0.1, 0.15) is 5.75 Å². The molecule has 0 atom stereocenters. The SMILES string of the molecule is O=C(COc1ccccc1)NCCc1ccc(S(=O)(=O)Cl)cc1. The van der Waals surface area contributed by atoms with E-state index in [1.807, 2.05) is 18.2 Å². The first-order chi connectivity index (χ1) is 10.9. The van der Waals surface area contributed by atoms with E-state index in [0.717, 1.165) is 5.56 Å². The van der Waals surface area contributed by atoms with Crippen molar-refractivity contribution < 1.29 is 17.9 Å². The van der Waals surface area contributed by atoms with Crippen LogP contribution in [0.5, 0.6) is 5.75 Å². The summed E-state index contributed by atoms with van der Waals surface area (Å²) < 4.78 is 27.6. The lowest BCUT2D eigenvalue weighted by molar-refractivity contribution is -0.123. The van der Waals surface area contributed by atoms with Crippen molar-refractivity contribution in [3.8, 4) is 5.75 Å². The summed E-state index contributed by atoms with van der Waals surface area (Å²) in [5, 5.41) is 2.74. The van der Waals surface area contributed by atoms with Gasteiger partial charge in [0.2, 0.25) is 0 Å². The van der Waals surface area contributed by atoms with Crippen LogP contribution in [0.4, 0.5) is 0 Å². The van der Waals surface area contributed by atoms with Crippen LogP contribution in [0.2, 0.25) is 0 Å². The zero-order valence-electron chi connectivity index (χ0n) is 12.2. The van der Waals surface area contributed by atoms with E-state index < -0.39 is 9.05 Å². The number of hydrogen-bond donors (Lipinski definition) is 1. The lowest BCUT2D eigenvalue weighted by atomic mass is 10.1. The molecule has 0 saturated carbocycles. The molecule has 0 bridgehead atoms. The lowest BCUT2D eigenvalue weighted by Crippen LogP contribution is -2.30. The summed E-state index contributed by atoms with van der Waals surface area (Å²) in [5.74, 6) is 0.425. The molecular formula is C16H16ClNO4S. The fraction of sp³-hybridized carbons (Fsp3) is 0.188. The second-order valence-electron chi connectivity index (χ2n) is 4.78.